The van der Waals surface area contributed by atoms with Gasteiger partial charge in [-0.3, -0.25) is 14.4 Å². The van der Waals surface area contributed by atoms with Gasteiger partial charge in [-0.2, -0.15) is 0 Å². The van der Waals surface area contributed by atoms with E-state index in [9.17, 15) is 14.4 Å². The number of benzene rings is 1. The third-order valence-corrected chi connectivity index (χ3v) is 7.59. The number of fused-ring (bicyclic) bond motifs is 1. The van der Waals surface area contributed by atoms with Crippen molar-refractivity contribution in [2.75, 3.05) is 13.2 Å². The first kappa shape index (κ1) is 19.7. The fourth-order valence-corrected chi connectivity index (χ4v) is 5.98. The first-order valence-corrected chi connectivity index (χ1v) is 11.4. The Hall–Kier alpha value is -2.21. The zero-order valence-electron chi connectivity index (χ0n) is 17.3. The van der Waals surface area contributed by atoms with Crippen molar-refractivity contribution in [1.29, 1.82) is 0 Å². The number of ether oxygens (including phenoxy) is 1. The van der Waals surface area contributed by atoms with Crippen molar-refractivity contribution >= 4 is 17.6 Å². The molecular formula is C24H30N2O4. The van der Waals surface area contributed by atoms with Gasteiger partial charge in [0.05, 0.1) is 6.10 Å². The number of carbonyl (C=O) groups is 3. The highest BCUT2D eigenvalue weighted by Gasteiger charge is 2.65. The van der Waals surface area contributed by atoms with Gasteiger partial charge in [0.25, 0.3) is 5.91 Å². The molecule has 2 aliphatic carbocycles. The van der Waals surface area contributed by atoms with Gasteiger partial charge in [0.2, 0.25) is 5.91 Å². The molecule has 2 aliphatic heterocycles. The zero-order valence-corrected chi connectivity index (χ0v) is 17.3. The van der Waals surface area contributed by atoms with Crippen LogP contribution in [0.2, 0.25) is 0 Å². The Morgan fingerprint density at radius 1 is 1.03 bits per heavy atom. The molecule has 0 spiro atoms. The number of hydrogen-bond acceptors (Lipinski definition) is 4. The largest absolute Gasteiger partial charge is 0.368 e. The SMILES string of the molecule is O=C(NC1(C(=O)N2CCCC3OCC(=O)[C@H]32)CC1C1CCCCC1)c1ccccc1. The van der Waals surface area contributed by atoms with Gasteiger partial charge in [0.15, 0.2) is 5.78 Å². The van der Waals surface area contributed by atoms with Crippen molar-refractivity contribution in [3.8, 4) is 0 Å². The molecule has 4 aliphatic rings. The lowest BCUT2D eigenvalue weighted by Gasteiger charge is -2.38. The van der Waals surface area contributed by atoms with E-state index in [1.807, 2.05) is 18.2 Å². The van der Waals surface area contributed by atoms with Gasteiger partial charge in [-0.05, 0) is 43.2 Å². The first-order valence-electron chi connectivity index (χ1n) is 11.4. The van der Waals surface area contributed by atoms with E-state index in [0.717, 1.165) is 25.7 Å². The summed E-state index contributed by atoms with van der Waals surface area (Å²) in [7, 11) is 0. The van der Waals surface area contributed by atoms with Crippen LogP contribution in [0, 0.1) is 11.8 Å². The van der Waals surface area contributed by atoms with E-state index in [0.29, 0.717) is 24.4 Å². The van der Waals surface area contributed by atoms with Gasteiger partial charge < -0.3 is 15.0 Å². The summed E-state index contributed by atoms with van der Waals surface area (Å²) >= 11 is 0. The highest BCUT2D eigenvalue weighted by Crippen LogP contribution is 2.54. The molecule has 0 bridgehead atoms. The average molecular weight is 411 g/mol. The molecular weight excluding hydrogens is 380 g/mol. The van der Waals surface area contributed by atoms with E-state index in [4.69, 9.17) is 4.74 Å². The number of piperidine rings is 1. The Balaban J connectivity index is 1.42. The predicted octanol–water partition coefficient (Wildman–Crippen LogP) is 2.71. The van der Waals surface area contributed by atoms with Crippen LogP contribution in [0.5, 0.6) is 0 Å². The number of Topliss-reactive ketones (excluding diaryl/α,β-unsaturated/α-hetero) is 1. The quantitative estimate of drug-likeness (QED) is 0.828. The molecule has 30 heavy (non-hydrogen) atoms. The molecule has 1 aromatic rings. The van der Waals surface area contributed by atoms with Crippen LogP contribution in [0.3, 0.4) is 0 Å². The molecule has 5 rings (SSSR count). The molecule has 2 saturated carbocycles. The zero-order chi connectivity index (χ0) is 20.7. The standard InChI is InChI=1S/C24H30N2O4/c27-19-15-30-20-12-7-13-26(21(19)20)23(29)24(14-18(24)16-8-3-1-4-9-16)25-22(28)17-10-5-2-6-11-17/h2,5-6,10-11,16,18,20-21H,1,3-4,7-9,12-15H2,(H,25,28)/t18?,20?,21-,24?/m1/s1. The van der Waals surface area contributed by atoms with Crippen LogP contribution in [0.15, 0.2) is 30.3 Å². The van der Waals surface area contributed by atoms with Gasteiger partial charge in [0, 0.05) is 12.1 Å². The van der Waals surface area contributed by atoms with Crippen molar-refractivity contribution < 1.29 is 19.1 Å². The Bertz CT molecular complexity index is 835. The molecule has 2 saturated heterocycles. The highest BCUT2D eigenvalue weighted by atomic mass is 16.5. The summed E-state index contributed by atoms with van der Waals surface area (Å²) in [6.07, 6.45) is 8.01. The van der Waals surface area contributed by atoms with E-state index in [1.165, 1.54) is 19.3 Å². The highest BCUT2D eigenvalue weighted by molar-refractivity contribution is 6.02. The van der Waals surface area contributed by atoms with Gasteiger partial charge in [-0.1, -0.05) is 50.3 Å². The number of nitrogens with zero attached hydrogens (tertiary/aromatic N) is 1. The Morgan fingerprint density at radius 2 is 1.80 bits per heavy atom. The number of likely N-dealkylation sites (tertiary alicyclic amines) is 1. The smallest absolute Gasteiger partial charge is 0.252 e. The summed E-state index contributed by atoms with van der Waals surface area (Å²) in [5.41, 5.74) is -0.310. The summed E-state index contributed by atoms with van der Waals surface area (Å²) < 4.78 is 5.65. The Morgan fingerprint density at radius 3 is 2.57 bits per heavy atom. The maximum absolute atomic E-state index is 13.9. The molecule has 6 nitrogen and oxygen atoms in total. The van der Waals surface area contributed by atoms with Crippen LogP contribution >= 0.6 is 0 Å². The van der Waals surface area contributed by atoms with Crippen molar-refractivity contribution in [2.24, 2.45) is 11.8 Å². The monoisotopic (exact) mass is 410 g/mol. The number of nitrogens with one attached hydrogen (secondary N) is 1. The number of carbonyl (C=O) groups excluding carboxylic acids is 3. The third-order valence-electron chi connectivity index (χ3n) is 7.59. The van der Waals surface area contributed by atoms with E-state index in [-0.39, 0.29) is 36.2 Å². The summed E-state index contributed by atoms with van der Waals surface area (Å²) in [6.45, 7) is 0.657. The number of hydrogen-bond donors (Lipinski definition) is 1. The van der Waals surface area contributed by atoms with Gasteiger partial charge >= 0.3 is 0 Å². The third kappa shape index (κ3) is 3.35. The van der Waals surface area contributed by atoms with Crippen LogP contribution in [-0.4, -0.2) is 53.3 Å². The molecule has 2 heterocycles. The van der Waals surface area contributed by atoms with Gasteiger partial charge in [0.1, 0.15) is 18.2 Å². The molecule has 4 atom stereocenters. The van der Waals surface area contributed by atoms with Crippen LogP contribution in [0.25, 0.3) is 0 Å². The molecule has 3 unspecified atom stereocenters. The molecule has 0 radical (unpaired) electrons. The van der Waals surface area contributed by atoms with Crippen molar-refractivity contribution in [3.05, 3.63) is 35.9 Å². The predicted molar refractivity (Wildman–Crippen MR) is 111 cm³/mol. The Labute approximate surface area is 177 Å². The number of amides is 2. The number of rotatable bonds is 4. The van der Waals surface area contributed by atoms with Gasteiger partial charge in [-0.25, -0.2) is 0 Å². The number of ketones is 1. The summed E-state index contributed by atoms with van der Waals surface area (Å²) in [5.74, 6) is 0.346. The van der Waals surface area contributed by atoms with Crippen LogP contribution in [0.1, 0.15) is 61.7 Å². The minimum absolute atomic E-state index is 0.00699. The summed E-state index contributed by atoms with van der Waals surface area (Å²) in [4.78, 5) is 41.2. The lowest BCUT2D eigenvalue weighted by atomic mass is 9.83. The van der Waals surface area contributed by atoms with E-state index in [1.54, 1.807) is 17.0 Å². The minimum Gasteiger partial charge on any atom is -0.368 e. The second kappa shape index (κ2) is 7.80. The van der Waals surface area contributed by atoms with Crippen molar-refractivity contribution in [3.63, 3.8) is 0 Å². The minimum atomic E-state index is -0.875. The molecule has 1 N–H and O–H groups in total. The second-order valence-corrected chi connectivity index (χ2v) is 9.40. The van der Waals surface area contributed by atoms with E-state index in [2.05, 4.69) is 5.32 Å². The molecule has 4 fully saturated rings. The van der Waals surface area contributed by atoms with E-state index >= 15 is 0 Å². The molecule has 160 valence electrons. The lowest BCUT2D eigenvalue weighted by molar-refractivity contribution is -0.144. The van der Waals surface area contributed by atoms with Crippen LogP contribution in [-0.2, 0) is 14.3 Å². The fourth-order valence-electron chi connectivity index (χ4n) is 5.98. The molecule has 6 heteroatoms. The molecule has 2 amide bonds. The maximum atomic E-state index is 13.9. The summed E-state index contributed by atoms with van der Waals surface area (Å²) in [6, 6.07) is 8.61. The molecule has 1 aromatic carbocycles. The second-order valence-electron chi connectivity index (χ2n) is 9.40. The first-order chi connectivity index (χ1) is 14.6. The van der Waals surface area contributed by atoms with E-state index < -0.39 is 11.6 Å². The summed E-state index contributed by atoms with van der Waals surface area (Å²) in [5, 5.41) is 3.14. The lowest BCUT2D eigenvalue weighted by Crippen LogP contribution is -2.60. The van der Waals surface area contributed by atoms with Crippen LogP contribution in [0.4, 0.5) is 0 Å². The Kier molecular flexibility index (Phi) is 5.13. The average Bonchev–Trinajstić information content (AvgIpc) is 3.40. The van der Waals surface area contributed by atoms with Crippen LogP contribution < -0.4 is 5.32 Å². The van der Waals surface area contributed by atoms with Crippen molar-refractivity contribution in [1.82, 2.24) is 10.2 Å². The molecule has 0 aromatic heterocycles. The topological polar surface area (TPSA) is 75.7 Å². The van der Waals surface area contributed by atoms with Gasteiger partial charge in [-0.15, -0.1) is 0 Å². The van der Waals surface area contributed by atoms with Crippen molar-refractivity contribution in [2.45, 2.75) is 69.1 Å². The normalized spacial score (nSPS) is 33.8. The fraction of sp³-hybridized carbons (Fsp3) is 0.625. The maximum Gasteiger partial charge on any atom is 0.252 e.